The molecule has 0 saturated heterocycles. The van der Waals surface area contributed by atoms with Crippen LogP contribution < -0.4 is 10.1 Å². The Hall–Kier alpha value is -1.55. The summed E-state index contributed by atoms with van der Waals surface area (Å²) in [7, 11) is 3.46. The van der Waals surface area contributed by atoms with E-state index in [1.54, 1.807) is 14.0 Å². The summed E-state index contributed by atoms with van der Waals surface area (Å²) in [6, 6.07) is 7.62. The highest BCUT2D eigenvalue weighted by Crippen LogP contribution is 2.20. The van der Waals surface area contributed by atoms with Crippen molar-refractivity contribution < 1.29 is 14.3 Å². The van der Waals surface area contributed by atoms with Gasteiger partial charge in [0, 0.05) is 6.04 Å². The van der Waals surface area contributed by atoms with Gasteiger partial charge in [0.15, 0.2) is 0 Å². The van der Waals surface area contributed by atoms with E-state index in [2.05, 4.69) is 5.32 Å². The van der Waals surface area contributed by atoms with Crippen LogP contribution in [-0.2, 0) is 9.53 Å². The lowest BCUT2D eigenvalue weighted by Gasteiger charge is -2.16. The normalized spacial score (nSPS) is 11.9. The van der Waals surface area contributed by atoms with Gasteiger partial charge in [0.05, 0.1) is 20.1 Å². The third-order valence-electron chi connectivity index (χ3n) is 2.54. The van der Waals surface area contributed by atoms with E-state index in [-0.39, 0.29) is 12.0 Å². The number of rotatable bonds is 6. The molecule has 0 fully saturated rings. The third kappa shape index (κ3) is 4.07. The van der Waals surface area contributed by atoms with E-state index >= 15 is 0 Å². The maximum absolute atomic E-state index is 11.4. The average molecular weight is 237 g/mol. The highest BCUT2D eigenvalue weighted by Gasteiger charge is 2.14. The van der Waals surface area contributed by atoms with Gasteiger partial charge in [-0.1, -0.05) is 12.1 Å². The summed E-state index contributed by atoms with van der Waals surface area (Å²) in [6.45, 7) is 2.22. The van der Waals surface area contributed by atoms with Crippen molar-refractivity contribution in [3.63, 3.8) is 0 Å². The van der Waals surface area contributed by atoms with Crippen molar-refractivity contribution in [3.05, 3.63) is 29.8 Å². The average Bonchev–Trinajstić information content (AvgIpc) is 2.36. The van der Waals surface area contributed by atoms with Gasteiger partial charge in [0.1, 0.15) is 5.75 Å². The van der Waals surface area contributed by atoms with E-state index in [1.165, 1.54) is 0 Å². The monoisotopic (exact) mass is 237 g/mol. The van der Waals surface area contributed by atoms with Crippen molar-refractivity contribution in [1.29, 1.82) is 0 Å². The first kappa shape index (κ1) is 13.5. The van der Waals surface area contributed by atoms with Crippen molar-refractivity contribution in [2.24, 2.45) is 0 Å². The number of methoxy groups -OCH3 is 1. The van der Waals surface area contributed by atoms with Crippen molar-refractivity contribution >= 4 is 5.97 Å². The number of carbonyl (C=O) groups excluding carboxylic acids is 1. The summed E-state index contributed by atoms with van der Waals surface area (Å²) in [5.41, 5.74) is 1.04. The zero-order valence-corrected chi connectivity index (χ0v) is 10.5. The predicted octanol–water partition coefficient (Wildman–Crippen LogP) is 1.91. The minimum atomic E-state index is -0.192. The van der Waals surface area contributed by atoms with Crippen LogP contribution in [0.4, 0.5) is 0 Å². The summed E-state index contributed by atoms with van der Waals surface area (Å²) < 4.78 is 10.0. The largest absolute Gasteiger partial charge is 0.497 e. The number of nitrogens with one attached hydrogen (secondary N) is 1. The first-order valence-electron chi connectivity index (χ1n) is 5.68. The van der Waals surface area contributed by atoms with E-state index in [9.17, 15) is 4.79 Å². The number of esters is 1. The minimum absolute atomic E-state index is 0.0278. The van der Waals surface area contributed by atoms with E-state index in [0.717, 1.165) is 11.3 Å². The Bertz CT molecular complexity index is 348. The Morgan fingerprint density at radius 2 is 2.00 bits per heavy atom. The number of benzene rings is 1. The molecule has 1 atom stereocenters. The summed E-state index contributed by atoms with van der Waals surface area (Å²) >= 11 is 0. The summed E-state index contributed by atoms with van der Waals surface area (Å²) in [4.78, 5) is 11.4. The first-order valence-corrected chi connectivity index (χ1v) is 5.68. The fourth-order valence-electron chi connectivity index (χ4n) is 1.61. The Labute approximate surface area is 102 Å². The van der Waals surface area contributed by atoms with Gasteiger partial charge in [-0.25, -0.2) is 0 Å². The quantitative estimate of drug-likeness (QED) is 0.768. The molecule has 0 heterocycles. The Balaban J connectivity index is 2.68. The SMILES string of the molecule is CCOC(=O)C[C@@H](NC)c1ccc(OC)cc1. The number of carbonyl (C=O) groups is 1. The Morgan fingerprint density at radius 3 is 2.47 bits per heavy atom. The van der Waals surface area contributed by atoms with Crippen LogP contribution in [0.3, 0.4) is 0 Å². The molecule has 0 unspecified atom stereocenters. The molecule has 94 valence electrons. The molecule has 17 heavy (non-hydrogen) atoms. The standard InChI is InChI=1S/C13H19NO3/c1-4-17-13(15)9-12(14-2)10-5-7-11(16-3)8-6-10/h5-8,12,14H,4,9H2,1-3H3/t12-/m1/s1. The summed E-state index contributed by atoms with van der Waals surface area (Å²) in [6.07, 6.45) is 0.330. The lowest BCUT2D eigenvalue weighted by atomic mass is 10.0. The highest BCUT2D eigenvalue weighted by atomic mass is 16.5. The van der Waals surface area contributed by atoms with Crippen LogP contribution in [0.25, 0.3) is 0 Å². The molecule has 0 aliphatic heterocycles. The van der Waals surface area contributed by atoms with Crippen LogP contribution in [0.2, 0.25) is 0 Å². The van der Waals surface area contributed by atoms with Gasteiger partial charge in [-0.2, -0.15) is 0 Å². The van der Waals surface area contributed by atoms with Gasteiger partial charge in [-0.15, -0.1) is 0 Å². The summed E-state index contributed by atoms with van der Waals surface area (Å²) in [5.74, 6) is 0.613. The molecule has 0 spiro atoms. The molecule has 1 aromatic carbocycles. The maximum atomic E-state index is 11.4. The molecule has 0 aliphatic carbocycles. The minimum Gasteiger partial charge on any atom is -0.497 e. The van der Waals surface area contributed by atoms with E-state index < -0.39 is 0 Å². The second-order valence-corrected chi connectivity index (χ2v) is 3.62. The van der Waals surface area contributed by atoms with Crippen LogP contribution >= 0.6 is 0 Å². The van der Waals surface area contributed by atoms with Crippen LogP contribution in [0.5, 0.6) is 5.75 Å². The van der Waals surface area contributed by atoms with Gasteiger partial charge < -0.3 is 14.8 Å². The fraction of sp³-hybridized carbons (Fsp3) is 0.462. The Kier molecular flexibility index (Phi) is 5.49. The van der Waals surface area contributed by atoms with Gasteiger partial charge in [0.25, 0.3) is 0 Å². The topological polar surface area (TPSA) is 47.6 Å². The highest BCUT2D eigenvalue weighted by molar-refractivity contribution is 5.70. The van der Waals surface area contributed by atoms with Gasteiger partial charge in [-0.05, 0) is 31.7 Å². The second-order valence-electron chi connectivity index (χ2n) is 3.62. The number of hydrogen-bond acceptors (Lipinski definition) is 4. The van der Waals surface area contributed by atoms with Crippen LogP contribution in [0, 0.1) is 0 Å². The fourth-order valence-corrected chi connectivity index (χ4v) is 1.61. The zero-order chi connectivity index (χ0) is 12.7. The molecular formula is C13H19NO3. The molecule has 4 nitrogen and oxygen atoms in total. The molecular weight excluding hydrogens is 218 g/mol. The molecule has 0 radical (unpaired) electrons. The molecule has 1 N–H and O–H groups in total. The first-order chi connectivity index (χ1) is 8.21. The molecule has 0 amide bonds. The second kappa shape index (κ2) is 6.91. The summed E-state index contributed by atoms with van der Waals surface area (Å²) in [5, 5.41) is 3.10. The molecule has 1 rings (SSSR count). The number of ether oxygens (including phenoxy) is 2. The van der Waals surface area contributed by atoms with Gasteiger partial charge in [-0.3, -0.25) is 4.79 Å². The smallest absolute Gasteiger partial charge is 0.307 e. The predicted molar refractivity (Wildman–Crippen MR) is 66.0 cm³/mol. The lowest BCUT2D eigenvalue weighted by molar-refractivity contribution is -0.143. The number of hydrogen-bond donors (Lipinski definition) is 1. The van der Waals surface area contributed by atoms with E-state index in [1.807, 2.05) is 31.3 Å². The molecule has 0 aliphatic rings. The molecule has 4 heteroatoms. The van der Waals surface area contributed by atoms with Crippen LogP contribution in [0.1, 0.15) is 24.9 Å². The van der Waals surface area contributed by atoms with E-state index in [0.29, 0.717) is 13.0 Å². The van der Waals surface area contributed by atoms with Crippen molar-refractivity contribution in [1.82, 2.24) is 5.32 Å². The third-order valence-corrected chi connectivity index (χ3v) is 2.54. The lowest BCUT2D eigenvalue weighted by Crippen LogP contribution is -2.21. The Morgan fingerprint density at radius 1 is 1.35 bits per heavy atom. The van der Waals surface area contributed by atoms with Crippen molar-refractivity contribution in [2.75, 3.05) is 20.8 Å². The van der Waals surface area contributed by atoms with Crippen LogP contribution in [-0.4, -0.2) is 26.7 Å². The molecule has 1 aromatic rings. The van der Waals surface area contributed by atoms with Crippen LogP contribution in [0.15, 0.2) is 24.3 Å². The maximum Gasteiger partial charge on any atom is 0.307 e. The van der Waals surface area contributed by atoms with Gasteiger partial charge in [0.2, 0.25) is 0 Å². The molecule has 0 saturated carbocycles. The zero-order valence-electron chi connectivity index (χ0n) is 10.5. The van der Waals surface area contributed by atoms with E-state index in [4.69, 9.17) is 9.47 Å². The van der Waals surface area contributed by atoms with Crippen molar-refractivity contribution in [3.8, 4) is 5.75 Å². The molecule has 0 bridgehead atoms. The van der Waals surface area contributed by atoms with Crippen molar-refractivity contribution in [2.45, 2.75) is 19.4 Å². The molecule has 0 aromatic heterocycles. The van der Waals surface area contributed by atoms with Gasteiger partial charge >= 0.3 is 5.97 Å².